The minimum Gasteiger partial charge on any atom is -0.494 e. The van der Waals surface area contributed by atoms with Crippen LogP contribution in [0.25, 0.3) is 0 Å². The molecule has 0 unspecified atom stereocenters. The maximum absolute atomic E-state index is 13.1. The summed E-state index contributed by atoms with van der Waals surface area (Å²) in [5, 5.41) is 0. The minimum absolute atomic E-state index is 0.0616. The number of hydrogen-bond acceptors (Lipinski definition) is 3. The fraction of sp³-hybridized carbons (Fsp3) is 0.125. The van der Waals surface area contributed by atoms with Gasteiger partial charge in [-0.3, -0.25) is 0 Å². The Bertz CT molecular complexity index is 332. The zero-order chi connectivity index (χ0) is 8.97. The molecule has 0 aliphatic rings. The molecule has 0 aromatic heterocycles. The Hall–Kier alpha value is -1.67. The summed E-state index contributed by atoms with van der Waals surface area (Å²) in [6.45, 7) is 0. The van der Waals surface area contributed by atoms with Crippen molar-refractivity contribution in [1.29, 1.82) is 0 Å². The van der Waals surface area contributed by atoms with Gasteiger partial charge in [-0.1, -0.05) is 6.07 Å². The van der Waals surface area contributed by atoms with Gasteiger partial charge in [0.05, 0.1) is 7.11 Å². The summed E-state index contributed by atoms with van der Waals surface area (Å²) in [4.78, 5) is 13.0. The van der Waals surface area contributed by atoms with Gasteiger partial charge in [0.1, 0.15) is 5.69 Å². The molecule has 0 N–H and O–H groups in total. The third-order valence-electron chi connectivity index (χ3n) is 1.33. The van der Waals surface area contributed by atoms with E-state index in [2.05, 4.69) is 9.73 Å². The Morgan fingerprint density at radius 1 is 1.58 bits per heavy atom. The molecule has 1 aromatic carbocycles. The van der Waals surface area contributed by atoms with Crippen LogP contribution < -0.4 is 4.74 Å². The number of nitrogens with zero attached hydrogens (tertiary/aromatic N) is 1. The van der Waals surface area contributed by atoms with Crippen LogP contribution in [0, 0.1) is 5.82 Å². The lowest BCUT2D eigenvalue weighted by molar-refractivity contribution is 0.387. The summed E-state index contributed by atoms with van der Waals surface area (Å²) in [6, 6.07) is 4.35. The fourth-order valence-corrected chi connectivity index (χ4v) is 0.792. The molecule has 0 saturated carbocycles. The van der Waals surface area contributed by atoms with E-state index in [0.29, 0.717) is 0 Å². The lowest BCUT2D eigenvalue weighted by Crippen LogP contribution is -1.86. The van der Waals surface area contributed by atoms with Crippen molar-refractivity contribution in [3.63, 3.8) is 0 Å². The van der Waals surface area contributed by atoms with Crippen molar-refractivity contribution in [3.05, 3.63) is 24.0 Å². The van der Waals surface area contributed by atoms with Gasteiger partial charge in [-0.15, -0.1) is 0 Å². The molecule has 0 heterocycles. The van der Waals surface area contributed by atoms with E-state index in [-0.39, 0.29) is 11.4 Å². The highest BCUT2D eigenvalue weighted by molar-refractivity contribution is 5.52. The van der Waals surface area contributed by atoms with Gasteiger partial charge in [-0.05, 0) is 12.1 Å². The Labute approximate surface area is 68.5 Å². The molecule has 0 spiro atoms. The monoisotopic (exact) mass is 167 g/mol. The van der Waals surface area contributed by atoms with Crippen LogP contribution in [0.3, 0.4) is 0 Å². The molecule has 3 nitrogen and oxygen atoms in total. The average Bonchev–Trinajstić information content (AvgIpc) is 2.09. The normalized spacial score (nSPS) is 8.83. The molecule has 0 bridgehead atoms. The van der Waals surface area contributed by atoms with E-state index >= 15 is 0 Å². The number of halogens is 1. The number of methoxy groups -OCH3 is 1. The standard InChI is InChI=1S/C8H6FNO2/c1-12-7-4-2-3-6(8(7)9)10-5-11/h2-4H,1H3. The molecule has 4 heteroatoms. The van der Waals surface area contributed by atoms with E-state index in [9.17, 15) is 9.18 Å². The number of isocyanates is 1. The van der Waals surface area contributed by atoms with E-state index in [0.717, 1.165) is 0 Å². The molecular weight excluding hydrogens is 161 g/mol. The summed E-state index contributed by atoms with van der Waals surface area (Å²) in [5.74, 6) is -0.588. The Kier molecular flexibility index (Phi) is 2.56. The number of benzene rings is 1. The van der Waals surface area contributed by atoms with E-state index in [1.807, 2.05) is 0 Å². The maximum atomic E-state index is 13.1. The van der Waals surface area contributed by atoms with Crippen LogP contribution in [0.4, 0.5) is 10.1 Å². The highest BCUT2D eigenvalue weighted by Gasteiger charge is 2.06. The first-order valence-corrected chi connectivity index (χ1v) is 3.20. The largest absolute Gasteiger partial charge is 0.494 e. The lowest BCUT2D eigenvalue weighted by atomic mass is 10.3. The second-order valence-corrected chi connectivity index (χ2v) is 2.00. The number of hydrogen-bond donors (Lipinski definition) is 0. The van der Waals surface area contributed by atoms with Crippen molar-refractivity contribution in [1.82, 2.24) is 0 Å². The van der Waals surface area contributed by atoms with Crippen LogP contribution >= 0.6 is 0 Å². The summed E-state index contributed by atoms with van der Waals surface area (Å²) >= 11 is 0. The van der Waals surface area contributed by atoms with Gasteiger partial charge in [-0.2, -0.15) is 4.99 Å². The Morgan fingerprint density at radius 2 is 2.33 bits per heavy atom. The van der Waals surface area contributed by atoms with Crippen molar-refractivity contribution in [2.75, 3.05) is 7.11 Å². The van der Waals surface area contributed by atoms with Crippen molar-refractivity contribution >= 4 is 11.8 Å². The predicted molar refractivity (Wildman–Crippen MR) is 40.7 cm³/mol. The molecule has 0 saturated heterocycles. The molecule has 0 amide bonds. The zero-order valence-electron chi connectivity index (χ0n) is 6.37. The molecule has 1 rings (SSSR count). The summed E-state index contributed by atoms with van der Waals surface area (Å²) in [5.41, 5.74) is -0.0654. The molecule has 62 valence electrons. The summed E-state index contributed by atoms with van der Waals surface area (Å²) in [6.07, 6.45) is 1.26. The molecule has 0 aliphatic carbocycles. The van der Waals surface area contributed by atoms with Gasteiger partial charge in [-0.25, -0.2) is 9.18 Å². The van der Waals surface area contributed by atoms with Crippen LogP contribution in [-0.4, -0.2) is 13.2 Å². The third kappa shape index (κ3) is 1.49. The van der Waals surface area contributed by atoms with Gasteiger partial charge >= 0.3 is 0 Å². The van der Waals surface area contributed by atoms with Gasteiger partial charge in [0.2, 0.25) is 6.08 Å². The maximum Gasteiger partial charge on any atom is 0.240 e. The quantitative estimate of drug-likeness (QED) is 0.497. The summed E-state index contributed by atoms with van der Waals surface area (Å²) in [7, 11) is 1.34. The number of aliphatic imine (C=N–C) groups is 1. The smallest absolute Gasteiger partial charge is 0.240 e. The molecule has 12 heavy (non-hydrogen) atoms. The van der Waals surface area contributed by atoms with Gasteiger partial charge in [0.25, 0.3) is 0 Å². The van der Waals surface area contributed by atoms with Crippen LogP contribution in [0.15, 0.2) is 23.2 Å². The SMILES string of the molecule is COc1cccc(N=C=O)c1F. The van der Waals surface area contributed by atoms with Crippen LogP contribution in [0.2, 0.25) is 0 Å². The van der Waals surface area contributed by atoms with Crippen LogP contribution in [0.1, 0.15) is 0 Å². The first-order valence-electron chi connectivity index (χ1n) is 3.20. The highest BCUT2D eigenvalue weighted by Crippen LogP contribution is 2.25. The Balaban J connectivity index is 3.22. The average molecular weight is 167 g/mol. The first kappa shape index (κ1) is 8.43. The Morgan fingerprint density at radius 3 is 2.92 bits per heavy atom. The predicted octanol–water partition coefficient (Wildman–Crippen LogP) is 1.80. The molecule has 0 fully saturated rings. The van der Waals surface area contributed by atoms with E-state index in [1.165, 1.54) is 31.4 Å². The number of carbonyl (C=O) groups excluding carboxylic acids is 1. The number of rotatable bonds is 2. The molecule has 0 aliphatic heterocycles. The summed E-state index contributed by atoms with van der Waals surface area (Å²) < 4.78 is 17.7. The van der Waals surface area contributed by atoms with Crippen molar-refractivity contribution in [2.24, 2.45) is 4.99 Å². The van der Waals surface area contributed by atoms with E-state index in [4.69, 9.17) is 0 Å². The topological polar surface area (TPSA) is 38.7 Å². The second kappa shape index (κ2) is 3.64. The van der Waals surface area contributed by atoms with Gasteiger partial charge in [0, 0.05) is 0 Å². The first-order chi connectivity index (χ1) is 5.79. The van der Waals surface area contributed by atoms with Crippen LogP contribution in [-0.2, 0) is 4.79 Å². The van der Waals surface area contributed by atoms with Crippen molar-refractivity contribution < 1.29 is 13.9 Å². The van der Waals surface area contributed by atoms with Crippen LogP contribution in [0.5, 0.6) is 5.75 Å². The van der Waals surface area contributed by atoms with E-state index < -0.39 is 5.82 Å². The molecular formula is C8H6FNO2. The highest BCUT2D eigenvalue weighted by atomic mass is 19.1. The molecule has 1 aromatic rings. The number of ether oxygens (including phenoxy) is 1. The molecule has 0 radical (unpaired) electrons. The third-order valence-corrected chi connectivity index (χ3v) is 1.33. The van der Waals surface area contributed by atoms with Gasteiger partial charge in [0.15, 0.2) is 11.6 Å². The van der Waals surface area contributed by atoms with Gasteiger partial charge < -0.3 is 4.74 Å². The van der Waals surface area contributed by atoms with E-state index in [1.54, 1.807) is 0 Å². The fourth-order valence-electron chi connectivity index (χ4n) is 0.792. The minimum atomic E-state index is -0.650. The molecule has 0 atom stereocenters. The lowest BCUT2D eigenvalue weighted by Gasteiger charge is -2.01. The van der Waals surface area contributed by atoms with Crippen molar-refractivity contribution in [2.45, 2.75) is 0 Å². The second-order valence-electron chi connectivity index (χ2n) is 2.00. The van der Waals surface area contributed by atoms with Crippen molar-refractivity contribution in [3.8, 4) is 5.75 Å². The zero-order valence-corrected chi connectivity index (χ0v) is 6.37.